The number of rotatable bonds is 5. The van der Waals surface area contributed by atoms with E-state index in [1.54, 1.807) is 0 Å². The van der Waals surface area contributed by atoms with Crippen LogP contribution in [0.15, 0.2) is 28.7 Å². The second-order valence-electron chi connectivity index (χ2n) is 5.03. The SMILES string of the molecule is CCNc1cc(Nc2cccc(Cl)c2Br)nc(C2CC2)n1. The van der Waals surface area contributed by atoms with E-state index in [2.05, 4.69) is 43.5 Å². The average Bonchev–Trinajstić information content (AvgIpc) is 3.29. The Bertz CT molecular complexity index is 658. The van der Waals surface area contributed by atoms with Crippen LogP contribution in [-0.2, 0) is 0 Å². The van der Waals surface area contributed by atoms with Gasteiger partial charge in [0, 0.05) is 18.5 Å². The Hall–Kier alpha value is -1.33. The molecule has 0 bridgehead atoms. The molecule has 110 valence electrons. The van der Waals surface area contributed by atoms with Crippen molar-refractivity contribution in [2.24, 2.45) is 0 Å². The molecular weight excluding hydrogens is 352 g/mol. The molecule has 0 spiro atoms. The minimum atomic E-state index is 0.506. The molecule has 1 saturated carbocycles. The highest BCUT2D eigenvalue weighted by atomic mass is 79.9. The molecule has 0 radical (unpaired) electrons. The van der Waals surface area contributed by atoms with Crippen molar-refractivity contribution in [2.75, 3.05) is 17.2 Å². The molecule has 6 heteroatoms. The van der Waals surface area contributed by atoms with Crippen molar-refractivity contribution in [3.05, 3.63) is 39.6 Å². The highest BCUT2D eigenvalue weighted by Crippen LogP contribution is 2.39. The van der Waals surface area contributed by atoms with Crippen LogP contribution in [0.25, 0.3) is 0 Å². The van der Waals surface area contributed by atoms with Crippen LogP contribution in [0.3, 0.4) is 0 Å². The zero-order valence-corrected chi connectivity index (χ0v) is 14.0. The zero-order valence-electron chi connectivity index (χ0n) is 11.7. The first-order chi connectivity index (χ1) is 10.2. The van der Waals surface area contributed by atoms with E-state index in [0.29, 0.717) is 10.9 Å². The summed E-state index contributed by atoms with van der Waals surface area (Å²) < 4.78 is 0.836. The predicted molar refractivity (Wildman–Crippen MR) is 90.6 cm³/mol. The van der Waals surface area contributed by atoms with Gasteiger partial charge in [-0.15, -0.1) is 0 Å². The molecular formula is C15H16BrClN4. The summed E-state index contributed by atoms with van der Waals surface area (Å²) in [6, 6.07) is 7.63. The summed E-state index contributed by atoms with van der Waals surface area (Å²) >= 11 is 9.61. The maximum atomic E-state index is 6.12. The fourth-order valence-corrected chi connectivity index (χ4v) is 2.60. The summed E-state index contributed by atoms with van der Waals surface area (Å²) in [6.07, 6.45) is 2.35. The maximum Gasteiger partial charge on any atom is 0.136 e. The van der Waals surface area contributed by atoms with E-state index in [0.717, 1.165) is 34.2 Å². The Kier molecular flexibility index (Phi) is 4.31. The van der Waals surface area contributed by atoms with Crippen LogP contribution in [0, 0.1) is 0 Å². The molecule has 1 aliphatic carbocycles. The van der Waals surface area contributed by atoms with Crippen LogP contribution in [-0.4, -0.2) is 16.5 Å². The normalized spacial score (nSPS) is 14.0. The summed E-state index contributed by atoms with van der Waals surface area (Å²) in [7, 11) is 0. The molecule has 3 rings (SSSR count). The lowest BCUT2D eigenvalue weighted by Crippen LogP contribution is -2.05. The van der Waals surface area contributed by atoms with Gasteiger partial charge < -0.3 is 10.6 Å². The third-order valence-corrected chi connectivity index (χ3v) is 4.66. The minimum Gasteiger partial charge on any atom is -0.370 e. The molecule has 2 N–H and O–H groups in total. The molecule has 0 aliphatic heterocycles. The van der Waals surface area contributed by atoms with E-state index in [1.807, 2.05) is 24.3 Å². The quantitative estimate of drug-likeness (QED) is 0.785. The van der Waals surface area contributed by atoms with Crippen molar-refractivity contribution >= 4 is 44.9 Å². The van der Waals surface area contributed by atoms with Crippen LogP contribution in [0.4, 0.5) is 17.3 Å². The fraction of sp³-hybridized carbons (Fsp3) is 0.333. The summed E-state index contributed by atoms with van der Waals surface area (Å²) in [5.74, 6) is 3.06. The minimum absolute atomic E-state index is 0.506. The summed E-state index contributed by atoms with van der Waals surface area (Å²) in [5, 5.41) is 7.24. The van der Waals surface area contributed by atoms with Crippen molar-refractivity contribution in [1.29, 1.82) is 0 Å². The van der Waals surface area contributed by atoms with Crippen LogP contribution < -0.4 is 10.6 Å². The molecule has 0 amide bonds. The van der Waals surface area contributed by atoms with E-state index in [1.165, 1.54) is 12.8 Å². The summed E-state index contributed by atoms with van der Waals surface area (Å²) in [6.45, 7) is 2.89. The van der Waals surface area contributed by atoms with Crippen molar-refractivity contribution in [2.45, 2.75) is 25.7 Å². The molecule has 2 aromatic rings. The number of hydrogen-bond donors (Lipinski definition) is 2. The first-order valence-corrected chi connectivity index (χ1v) is 8.18. The standard InChI is InChI=1S/C15H16BrClN4/c1-2-18-12-8-13(21-15(20-12)9-6-7-9)19-11-5-3-4-10(17)14(11)16/h3-5,8-9H,2,6-7H2,1H3,(H2,18,19,20,21). The largest absolute Gasteiger partial charge is 0.370 e. The van der Waals surface area contributed by atoms with Crippen LogP contribution in [0.5, 0.6) is 0 Å². The number of anilines is 3. The van der Waals surface area contributed by atoms with Crippen molar-refractivity contribution < 1.29 is 0 Å². The van der Waals surface area contributed by atoms with E-state index in [4.69, 9.17) is 11.6 Å². The molecule has 0 saturated heterocycles. The van der Waals surface area contributed by atoms with Gasteiger partial charge in [-0.2, -0.15) is 0 Å². The fourth-order valence-electron chi connectivity index (χ4n) is 2.06. The number of hydrogen-bond acceptors (Lipinski definition) is 4. The molecule has 4 nitrogen and oxygen atoms in total. The molecule has 1 aromatic carbocycles. The summed E-state index contributed by atoms with van der Waals surface area (Å²) in [5.41, 5.74) is 0.894. The second kappa shape index (κ2) is 6.20. The lowest BCUT2D eigenvalue weighted by Gasteiger charge is -2.12. The van der Waals surface area contributed by atoms with Gasteiger partial charge in [-0.25, -0.2) is 9.97 Å². The van der Waals surface area contributed by atoms with Crippen LogP contribution >= 0.6 is 27.5 Å². The van der Waals surface area contributed by atoms with Crippen LogP contribution in [0.1, 0.15) is 31.5 Å². The average molecular weight is 368 g/mol. The first kappa shape index (κ1) is 14.6. The smallest absolute Gasteiger partial charge is 0.136 e. The molecule has 1 heterocycles. The van der Waals surface area contributed by atoms with Gasteiger partial charge in [0.15, 0.2) is 0 Å². The van der Waals surface area contributed by atoms with Crippen molar-refractivity contribution in [3.8, 4) is 0 Å². The highest BCUT2D eigenvalue weighted by Gasteiger charge is 2.27. The topological polar surface area (TPSA) is 49.8 Å². The zero-order chi connectivity index (χ0) is 14.8. The number of nitrogens with one attached hydrogen (secondary N) is 2. The van der Waals surface area contributed by atoms with Gasteiger partial charge in [0.2, 0.25) is 0 Å². The van der Waals surface area contributed by atoms with Crippen LogP contribution in [0.2, 0.25) is 5.02 Å². The monoisotopic (exact) mass is 366 g/mol. The van der Waals surface area contributed by atoms with Gasteiger partial charge in [-0.3, -0.25) is 0 Å². The Balaban J connectivity index is 1.91. The Morgan fingerprint density at radius 3 is 2.76 bits per heavy atom. The first-order valence-electron chi connectivity index (χ1n) is 7.01. The molecule has 1 fully saturated rings. The lowest BCUT2D eigenvalue weighted by molar-refractivity contribution is 0.927. The van der Waals surface area contributed by atoms with E-state index in [9.17, 15) is 0 Å². The highest BCUT2D eigenvalue weighted by molar-refractivity contribution is 9.10. The third-order valence-electron chi connectivity index (χ3n) is 3.26. The number of nitrogens with zero attached hydrogens (tertiary/aromatic N) is 2. The Labute approximate surface area is 137 Å². The van der Waals surface area contributed by atoms with Gasteiger partial charge in [-0.1, -0.05) is 17.7 Å². The Morgan fingerprint density at radius 2 is 2.05 bits per heavy atom. The molecule has 21 heavy (non-hydrogen) atoms. The number of benzene rings is 1. The van der Waals surface area contributed by atoms with Gasteiger partial charge in [0.05, 0.1) is 15.2 Å². The molecule has 0 atom stereocenters. The van der Waals surface area contributed by atoms with Gasteiger partial charge in [-0.05, 0) is 47.8 Å². The molecule has 0 unspecified atom stereocenters. The van der Waals surface area contributed by atoms with E-state index < -0.39 is 0 Å². The maximum absolute atomic E-state index is 6.12. The predicted octanol–water partition coefficient (Wildman–Crippen LogP) is 4.95. The van der Waals surface area contributed by atoms with E-state index in [-0.39, 0.29) is 0 Å². The number of halogens is 2. The van der Waals surface area contributed by atoms with Crippen molar-refractivity contribution in [1.82, 2.24) is 9.97 Å². The van der Waals surface area contributed by atoms with Gasteiger partial charge in [0.25, 0.3) is 0 Å². The van der Waals surface area contributed by atoms with Crippen molar-refractivity contribution in [3.63, 3.8) is 0 Å². The van der Waals surface area contributed by atoms with Gasteiger partial charge in [0.1, 0.15) is 17.5 Å². The second-order valence-corrected chi connectivity index (χ2v) is 6.23. The molecule has 1 aliphatic rings. The number of aromatic nitrogens is 2. The van der Waals surface area contributed by atoms with E-state index >= 15 is 0 Å². The van der Waals surface area contributed by atoms with Gasteiger partial charge >= 0.3 is 0 Å². The Morgan fingerprint density at radius 1 is 1.29 bits per heavy atom. The third kappa shape index (κ3) is 3.47. The lowest BCUT2D eigenvalue weighted by atomic mass is 10.3. The summed E-state index contributed by atoms with van der Waals surface area (Å²) in [4.78, 5) is 9.18. The molecule has 1 aromatic heterocycles.